The van der Waals surface area contributed by atoms with Crippen LogP contribution in [0.3, 0.4) is 0 Å². The van der Waals surface area contributed by atoms with Gasteiger partial charge < -0.3 is 0 Å². The van der Waals surface area contributed by atoms with Gasteiger partial charge in [0.1, 0.15) is 7.11 Å². The molecule has 0 radical (unpaired) electrons. The minimum Gasteiger partial charge on any atom is -0.282 e. The van der Waals surface area contributed by atoms with E-state index >= 15 is 0 Å². The molecule has 144 valence electrons. The molecule has 0 aliphatic heterocycles. The topological polar surface area (TPSA) is 76.3 Å². The summed E-state index contributed by atoms with van der Waals surface area (Å²) < 4.78 is 29.5. The summed E-state index contributed by atoms with van der Waals surface area (Å²) in [6.07, 6.45) is 1.61. The maximum Gasteiger partial charge on any atom is 0.305 e. The third kappa shape index (κ3) is 3.89. The average molecular weight is 397 g/mol. The van der Waals surface area contributed by atoms with E-state index in [9.17, 15) is 13.2 Å². The Balaban J connectivity index is 2.10. The first-order valence-corrected chi connectivity index (χ1v) is 10.1. The zero-order valence-electron chi connectivity index (χ0n) is 15.8. The predicted molar refractivity (Wildman–Crippen MR) is 106 cm³/mol. The summed E-state index contributed by atoms with van der Waals surface area (Å²) in [6.45, 7) is 3.73. The number of hydrogen-bond donors (Lipinski definition) is 1. The fourth-order valence-corrected chi connectivity index (χ4v) is 3.88. The number of nitrogens with one attached hydrogen (secondary N) is 1. The van der Waals surface area contributed by atoms with Gasteiger partial charge in [-0.2, -0.15) is 0 Å². The highest BCUT2D eigenvalue weighted by Crippen LogP contribution is 2.26. The summed E-state index contributed by atoms with van der Waals surface area (Å²) in [6, 6.07) is 16.5. The van der Waals surface area contributed by atoms with Crippen LogP contribution in [0, 0.1) is 13.8 Å². The molecule has 0 unspecified atom stereocenters. The molecule has 28 heavy (non-hydrogen) atoms. The maximum absolute atomic E-state index is 13.2. The van der Waals surface area contributed by atoms with E-state index in [1.165, 1.54) is 24.0 Å². The number of rotatable bonds is 6. The largest absolute Gasteiger partial charge is 0.305 e. The third-order valence-electron chi connectivity index (χ3n) is 4.43. The molecule has 2 aromatic carbocycles. The van der Waals surface area contributed by atoms with Gasteiger partial charge in [-0.25, -0.2) is 8.42 Å². The summed E-state index contributed by atoms with van der Waals surface area (Å²) >= 11 is 0. The van der Waals surface area contributed by atoms with E-state index in [0.29, 0.717) is 0 Å². The van der Waals surface area contributed by atoms with Crippen LogP contribution in [-0.2, 0) is 10.0 Å². The molecule has 0 saturated heterocycles. The van der Waals surface area contributed by atoms with Crippen LogP contribution in [-0.4, -0.2) is 21.3 Å². The predicted octanol–water partition coefficient (Wildman–Crippen LogP) is 2.68. The highest BCUT2D eigenvalue weighted by atomic mass is 32.2. The van der Waals surface area contributed by atoms with Crippen LogP contribution in [0.25, 0.3) is 0 Å². The zero-order chi connectivity index (χ0) is 20.3. The molecule has 0 aliphatic rings. The highest BCUT2D eigenvalue weighted by molar-refractivity contribution is 7.92. The number of anilines is 1. The molecule has 0 atom stereocenters. The molecule has 7 heteroatoms. The lowest BCUT2D eigenvalue weighted by atomic mass is 9.99. The van der Waals surface area contributed by atoms with Gasteiger partial charge in [0.25, 0.3) is 15.8 Å². The average Bonchev–Trinajstić information content (AvgIpc) is 2.70. The Morgan fingerprint density at radius 1 is 0.964 bits per heavy atom. The minimum atomic E-state index is -3.84. The van der Waals surface area contributed by atoms with Crippen molar-refractivity contribution in [3.05, 3.63) is 89.2 Å². The molecule has 0 amide bonds. The van der Waals surface area contributed by atoms with Crippen molar-refractivity contribution in [3.63, 3.8) is 0 Å². The molecule has 1 N–H and O–H groups in total. The van der Waals surface area contributed by atoms with E-state index in [4.69, 9.17) is 4.84 Å². The van der Waals surface area contributed by atoms with Gasteiger partial charge >= 0.3 is 5.69 Å². The standard InChI is InChI=1S/C21H20N2O4S/c1-15-13-18(21(24)20-11-7-8-12-23(20)27-3)19(14-16(15)2)22-28(25,26)17-9-5-4-6-10-17/h4-14H,1-3H3/p+1. The Bertz CT molecular complexity index is 1130. The van der Waals surface area contributed by atoms with E-state index in [1.54, 1.807) is 54.7 Å². The van der Waals surface area contributed by atoms with Crippen LogP contribution in [0.1, 0.15) is 27.2 Å². The number of ketones is 1. The Kier molecular flexibility index (Phi) is 5.46. The lowest BCUT2D eigenvalue weighted by Gasteiger charge is -2.14. The zero-order valence-corrected chi connectivity index (χ0v) is 16.7. The lowest BCUT2D eigenvalue weighted by molar-refractivity contribution is -0.886. The van der Waals surface area contributed by atoms with E-state index in [0.717, 1.165) is 11.1 Å². The Hall–Kier alpha value is -3.19. The van der Waals surface area contributed by atoms with Gasteiger partial charge in [0, 0.05) is 16.9 Å². The molecule has 0 aliphatic carbocycles. The van der Waals surface area contributed by atoms with Crippen molar-refractivity contribution < 1.29 is 22.8 Å². The van der Waals surface area contributed by atoms with Crippen LogP contribution < -0.4 is 14.3 Å². The Morgan fingerprint density at radius 2 is 1.61 bits per heavy atom. The minimum absolute atomic E-state index is 0.123. The first-order chi connectivity index (χ1) is 13.3. The first-order valence-electron chi connectivity index (χ1n) is 8.62. The van der Waals surface area contributed by atoms with E-state index in [-0.39, 0.29) is 27.6 Å². The van der Waals surface area contributed by atoms with Crippen molar-refractivity contribution in [2.45, 2.75) is 18.7 Å². The number of aryl methyl sites for hydroxylation is 2. The molecule has 3 aromatic rings. The van der Waals surface area contributed by atoms with Crippen molar-refractivity contribution in [1.82, 2.24) is 0 Å². The third-order valence-corrected chi connectivity index (χ3v) is 5.81. The van der Waals surface area contributed by atoms with E-state index in [1.807, 2.05) is 13.8 Å². The first kappa shape index (κ1) is 19.6. The summed E-state index contributed by atoms with van der Waals surface area (Å²) in [5, 5.41) is 0. The van der Waals surface area contributed by atoms with Crippen molar-refractivity contribution in [3.8, 4) is 0 Å². The molecule has 1 aromatic heterocycles. The number of benzene rings is 2. The molecular weight excluding hydrogens is 376 g/mol. The van der Waals surface area contributed by atoms with Gasteiger partial charge in [-0.1, -0.05) is 18.2 Å². The van der Waals surface area contributed by atoms with Crippen molar-refractivity contribution in [2.24, 2.45) is 0 Å². The van der Waals surface area contributed by atoms with Crippen molar-refractivity contribution >= 4 is 21.5 Å². The normalized spacial score (nSPS) is 11.1. The molecule has 0 bridgehead atoms. The van der Waals surface area contributed by atoms with Gasteiger partial charge in [-0.3, -0.25) is 14.4 Å². The monoisotopic (exact) mass is 397 g/mol. The second kappa shape index (κ2) is 7.82. The summed E-state index contributed by atoms with van der Waals surface area (Å²) in [7, 11) is -2.38. The highest BCUT2D eigenvalue weighted by Gasteiger charge is 2.26. The van der Waals surface area contributed by atoms with Crippen LogP contribution in [0.2, 0.25) is 0 Å². The number of pyridine rings is 1. The van der Waals surface area contributed by atoms with E-state index < -0.39 is 10.0 Å². The number of carbonyl (C=O) groups is 1. The van der Waals surface area contributed by atoms with Crippen LogP contribution in [0.4, 0.5) is 5.69 Å². The van der Waals surface area contributed by atoms with Gasteiger partial charge in [0.15, 0.2) is 0 Å². The maximum atomic E-state index is 13.2. The van der Waals surface area contributed by atoms with Crippen molar-refractivity contribution in [2.75, 3.05) is 11.8 Å². The number of carbonyl (C=O) groups excluding carboxylic acids is 1. The molecule has 0 fully saturated rings. The molecule has 3 rings (SSSR count). The van der Waals surface area contributed by atoms with Crippen LogP contribution in [0.5, 0.6) is 0 Å². The summed E-state index contributed by atoms with van der Waals surface area (Å²) in [4.78, 5) is 18.5. The number of hydrogen-bond acceptors (Lipinski definition) is 4. The van der Waals surface area contributed by atoms with Gasteiger partial charge in [-0.05, 0) is 55.3 Å². The van der Waals surface area contributed by atoms with Crippen LogP contribution >= 0.6 is 0 Å². The number of sulfonamides is 1. The van der Waals surface area contributed by atoms with Crippen molar-refractivity contribution in [1.29, 1.82) is 0 Å². The second-order valence-electron chi connectivity index (χ2n) is 6.32. The second-order valence-corrected chi connectivity index (χ2v) is 8.01. The fourth-order valence-electron chi connectivity index (χ4n) is 2.79. The Morgan fingerprint density at radius 3 is 2.29 bits per heavy atom. The number of nitrogens with zero attached hydrogens (tertiary/aromatic N) is 1. The molecule has 6 nitrogen and oxygen atoms in total. The molecular formula is C21H21N2O4S+. The van der Waals surface area contributed by atoms with Gasteiger partial charge in [-0.15, -0.1) is 0 Å². The quantitative estimate of drug-likeness (QED) is 0.513. The summed E-state index contributed by atoms with van der Waals surface area (Å²) in [5.74, 6) is -0.351. The van der Waals surface area contributed by atoms with Gasteiger partial charge in [0.2, 0.25) is 6.20 Å². The smallest absolute Gasteiger partial charge is 0.282 e. The lowest BCUT2D eigenvalue weighted by Crippen LogP contribution is -2.45. The molecule has 1 heterocycles. The Labute approximate surface area is 164 Å². The van der Waals surface area contributed by atoms with Crippen LogP contribution in [0.15, 0.2) is 71.8 Å². The molecule has 0 saturated carbocycles. The molecule has 0 spiro atoms. The van der Waals surface area contributed by atoms with Gasteiger partial charge in [0.05, 0.1) is 16.1 Å². The SMILES string of the molecule is CO[n+]1ccccc1C(=O)c1cc(C)c(C)cc1NS(=O)(=O)c1ccccc1. The fraction of sp³-hybridized carbons (Fsp3) is 0.143. The summed E-state index contributed by atoms with van der Waals surface area (Å²) in [5.41, 5.74) is 2.51. The van der Waals surface area contributed by atoms with E-state index in [2.05, 4.69) is 4.72 Å². The number of aromatic nitrogens is 1.